The molecule has 1 aliphatic heterocycles. The molecule has 0 radical (unpaired) electrons. The normalized spacial score (nSPS) is 15.9. The van der Waals surface area contributed by atoms with Crippen molar-refractivity contribution in [2.75, 3.05) is 19.4 Å². The highest BCUT2D eigenvalue weighted by molar-refractivity contribution is 7.89. The number of aromatic hydroxyl groups is 1. The van der Waals surface area contributed by atoms with Crippen molar-refractivity contribution in [1.82, 2.24) is 10.2 Å². The van der Waals surface area contributed by atoms with E-state index in [4.69, 9.17) is 0 Å². The molecule has 9 nitrogen and oxygen atoms in total. The fraction of sp³-hybridized carbons (Fsp3) is 0.318. The predicted octanol–water partition coefficient (Wildman–Crippen LogP) is 1.20. The summed E-state index contributed by atoms with van der Waals surface area (Å²) in [4.78, 5) is 13.9. The molecule has 33 heavy (non-hydrogen) atoms. The molecule has 0 aliphatic carbocycles. The van der Waals surface area contributed by atoms with Crippen molar-refractivity contribution in [3.8, 4) is 5.75 Å². The van der Waals surface area contributed by atoms with Gasteiger partial charge in [0.1, 0.15) is 7.85 Å². The van der Waals surface area contributed by atoms with Crippen molar-refractivity contribution in [2.45, 2.75) is 26.8 Å². The van der Waals surface area contributed by atoms with E-state index in [-0.39, 0.29) is 46.0 Å². The van der Waals surface area contributed by atoms with E-state index in [2.05, 4.69) is 19.4 Å². The van der Waals surface area contributed by atoms with Crippen LogP contribution in [0.1, 0.15) is 42.7 Å². The van der Waals surface area contributed by atoms with Gasteiger partial charge in [-0.3, -0.25) is 4.79 Å². The van der Waals surface area contributed by atoms with E-state index in [1.54, 1.807) is 34.1 Å². The number of carbonyl (C=O) groups is 1. The second-order valence-electron chi connectivity index (χ2n) is 9.16. The molecule has 0 unspecified atom stereocenters. The lowest BCUT2D eigenvalue weighted by Gasteiger charge is -2.32. The van der Waals surface area contributed by atoms with Crippen LogP contribution in [0.2, 0.25) is 0 Å². The number of amides is 1. The van der Waals surface area contributed by atoms with Gasteiger partial charge in [-0.1, -0.05) is 62.6 Å². The van der Waals surface area contributed by atoms with Gasteiger partial charge in [-0.2, -0.15) is 8.42 Å². The summed E-state index contributed by atoms with van der Waals surface area (Å²) < 4.78 is 31.9. The van der Waals surface area contributed by atoms with Crippen LogP contribution in [0.4, 0.5) is 5.69 Å². The number of carbonyl (C=O) groups excluding carboxylic acids is 1. The minimum atomic E-state index is -4.10. The first-order valence-electron chi connectivity index (χ1n) is 10.4. The molecule has 0 bridgehead atoms. The zero-order valence-electron chi connectivity index (χ0n) is 19.5. The second-order valence-corrected chi connectivity index (χ2v) is 10.4. The van der Waals surface area contributed by atoms with Gasteiger partial charge in [0.05, 0.1) is 17.3 Å². The molecule has 11 heteroatoms. The number of anilines is 1. The van der Waals surface area contributed by atoms with Crippen LogP contribution in [-0.2, 0) is 10.2 Å². The van der Waals surface area contributed by atoms with Crippen LogP contribution in [0.5, 0.6) is 5.75 Å². The lowest BCUT2D eigenvalue weighted by molar-refractivity contribution is 0.0826. The SMILES string of the molecule is Bc1ccc(NC2=NS(=O)(=O)N=C2N[C@@H](c2ccccc2)C(C)(C)C)c(O)c1C(=O)N(C)C. The van der Waals surface area contributed by atoms with Crippen LogP contribution < -0.4 is 16.1 Å². The first-order valence-corrected chi connectivity index (χ1v) is 11.8. The smallest absolute Gasteiger partial charge is 0.367 e. The molecule has 2 aromatic rings. The standard InChI is InChI=1S/C22H28BN5O4S/c1-22(2,3)18(13-9-7-6-8-10-13)25-20-19(26-33(31,32)27-20)24-15-12-11-14(23)16(17(15)29)21(30)28(4)5/h6-12,18,29H,23H2,1-5H3,(H,24,26)(H,25,27)/t18-/m0/s1. The van der Waals surface area contributed by atoms with E-state index >= 15 is 0 Å². The highest BCUT2D eigenvalue weighted by atomic mass is 32.2. The number of phenols is 1. The van der Waals surface area contributed by atoms with Crippen LogP contribution in [0.25, 0.3) is 0 Å². The van der Waals surface area contributed by atoms with Gasteiger partial charge in [-0.25, -0.2) is 0 Å². The Bertz CT molecular complexity index is 1240. The molecule has 0 saturated carbocycles. The highest BCUT2D eigenvalue weighted by Crippen LogP contribution is 2.33. The molecular formula is C22H28BN5O4S. The Kier molecular flexibility index (Phi) is 6.55. The largest absolute Gasteiger partial charge is 0.505 e. The zero-order valence-corrected chi connectivity index (χ0v) is 20.4. The topological polar surface area (TPSA) is 123 Å². The highest BCUT2D eigenvalue weighted by Gasteiger charge is 2.33. The zero-order chi connectivity index (χ0) is 24.6. The van der Waals surface area contributed by atoms with Crippen molar-refractivity contribution in [3.05, 3.63) is 53.6 Å². The second kappa shape index (κ2) is 8.89. The van der Waals surface area contributed by atoms with Crippen molar-refractivity contribution >= 4 is 46.8 Å². The molecule has 1 aliphatic rings. The van der Waals surface area contributed by atoms with Crippen LogP contribution >= 0.6 is 0 Å². The molecule has 0 aromatic heterocycles. The van der Waals surface area contributed by atoms with E-state index in [1.165, 1.54) is 4.90 Å². The quantitative estimate of drug-likeness (QED) is 0.457. The van der Waals surface area contributed by atoms with E-state index < -0.39 is 10.2 Å². The molecule has 0 fully saturated rings. The van der Waals surface area contributed by atoms with Crippen LogP contribution in [0.3, 0.4) is 0 Å². The van der Waals surface area contributed by atoms with Crippen LogP contribution in [0.15, 0.2) is 51.3 Å². The maximum Gasteiger partial charge on any atom is 0.367 e. The summed E-state index contributed by atoms with van der Waals surface area (Å²) in [7, 11) is 0.770. The Morgan fingerprint density at radius 2 is 1.67 bits per heavy atom. The molecule has 3 rings (SSSR count). The van der Waals surface area contributed by atoms with Gasteiger partial charge in [-0.15, -0.1) is 8.80 Å². The van der Waals surface area contributed by atoms with Gasteiger partial charge >= 0.3 is 10.2 Å². The minimum Gasteiger partial charge on any atom is -0.505 e. The number of nitrogens with one attached hydrogen (secondary N) is 2. The Labute approximate surface area is 195 Å². The monoisotopic (exact) mass is 469 g/mol. The van der Waals surface area contributed by atoms with Crippen molar-refractivity contribution in [2.24, 2.45) is 14.2 Å². The molecule has 1 heterocycles. The Hall–Kier alpha value is -3.34. The van der Waals surface area contributed by atoms with Crippen molar-refractivity contribution in [3.63, 3.8) is 0 Å². The first-order chi connectivity index (χ1) is 15.3. The fourth-order valence-corrected chi connectivity index (χ4v) is 4.28. The average Bonchev–Trinajstić information content (AvgIpc) is 3.01. The van der Waals surface area contributed by atoms with Crippen molar-refractivity contribution < 1.29 is 18.3 Å². The van der Waals surface area contributed by atoms with Gasteiger partial charge < -0.3 is 20.6 Å². The summed E-state index contributed by atoms with van der Waals surface area (Å²) in [6.45, 7) is 6.07. The summed E-state index contributed by atoms with van der Waals surface area (Å²) in [5, 5.41) is 16.8. The van der Waals surface area contributed by atoms with E-state index in [9.17, 15) is 18.3 Å². The van der Waals surface area contributed by atoms with Gasteiger partial charge in [-0.05, 0) is 17.0 Å². The summed E-state index contributed by atoms with van der Waals surface area (Å²) in [6, 6.07) is 12.5. The summed E-state index contributed by atoms with van der Waals surface area (Å²) in [5.41, 5.74) is 1.51. The molecule has 0 spiro atoms. The summed E-state index contributed by atoms with van der Waals surface area (Å²) in [6.07, 6.45) is 0. The summed E-state index contributed by atoms with van der Waals surface area (Å²) in [5.74, 6) is -0.712. The number of benzene rings is 2. The Morgan fingerprint density at radius 1 is 1.06 bits per heavy atom. The maximum atomic E-state index is 12.5. The molecule has 1 amide bonds. The first kappa shape index (κ1) is 24.3. The Balaban J connectivity index is 1.98. The number of amidine groups is 2. The van der Waals surface area contributed by atoms with Crippen LogP contribution in [0, 0.1) is 5.41 Å². The third-order valence-electron chi connectivity index (χ3n) is 5.18. The number of rotatable bonds is 4. The number of nitrogens with zero attached hydrogens (tertiary/aromatic N) is 3. The fourth-order valence-electron chi connectivity index (χ4n) is 3.51. The third-order valence-corrected chi connectivity index (χ3v) is 6.00. The van der Waals surface area contributed by atoms with Crippen LogP contribution in [-0.4, -0.2) is 57.9 Å². The van der Waals surface area contributed by atoms with E-state index in [0.29, 0.717) is 5.46 Å². The van der Waals surface area contributed by atoms with Gasteiger partial charge in [0.25, 0.3) is 5.91 Å². The lowest BCUT2D eigenvalue weighted by Crippen LogP contribution is -2.41. The molecule has 1 atom stereocenters. The predicted molar refractivity (Wildman–Crippen MR) is 133 cm³/mol. The van der Waals surface area contributed by atoms with E-state index in [1.807, 2.05) is 51.1 Å². The minimum absolute atomic E-state index is 0.0271. The lowest BCUT2D eigenvalue weighted by atomic mass is 9.82. The number of phenolic OH excluding ortho intramolecular Hbond substituents is 1. The maximum absolute atomic E-state index is 12.5. The molecule has 174 valence electrons. The molecule has 0 saturated heterocycles. The number of hydrogen-bond acceptors (Lipinski definition) is 6. The molecular weight excluding hydrogens is 441 g/mol. The summed E-state index contributed by atoms with van der Waals surface area (Å²) >= 11 is 0. The average molecular weight is 469 g/mol. The molecule has 2 aromatic carbocycles. The van der Waals surface area contributed by atoms with Crippen molar-refractivity contribution in [1.29, 1.82) is 0 Å². The van der Waals surface area contributed by atoms with Gasteiger partial charge in [0.15, 0.2) is 17.4 Å². The third kappa shape index (κ3) is 5.36. The molecule has 3 N–H and O–H groups in total. The Morgan fingerprint density at radius 3 is 2.24 bits per heavy atom. The van der Waals surface area contributed by atoms with Gasteiger partial charge in [0, 0.05) is 14.1 Å². The number of hydrogen-bond donors (Lipinski definition) is 3. The van der Waals surface area contributed by atoms with E-state index in [0.717, 1.165) is 5.56 Å². The van der Waals surface area contributed by atoms with Gasteiger partial charge in [0.2, 0.25) is 0 Å².